The number of thiophene rings is 1. The van der Waals surface area contributed by atoms with Crippen molar-refractivity contribution < 1.29 is 14.3 Å². The number of nitrogens with zero attached hydrogens (tertiary/aromatic N) is 1. The molecule has 2 N–H and O–H groups in total. The molecule has 0 aliphatic rings. The highest BCUT2D eigenvalue weighted by Crippen LogP contribution is 2.22. The number of pyridine rings is 1. The van der Waals surface area contributed by atoms with Gasteiger partial charge in [0.05, 0.1) is 20.5 Å². The molecule has 1 atom stereocenters. The van der Waals surface area contributed by atoms with Crippen LogP contribution in [0.25, 0.3) is 0 Å². The molecule has 3 aromatic rings. The van der Waals surface area contributed by atoms with Crippen molar-refractivity contribution in [2.45, 2.75) is 19.9 Å². The fraction of sp³-hybridized carbons (Fsp3) is 0.150. The van der Waals surface area contributed by atoms with E-state index in [1.807, 2.05) is 31.2 Å². The van der Waals surface area contributed by atoms with Gasteiger partial charge in [-0.25, -0.2) is 4.98 Å². The van der Waals surface area contributed by atoms with Gasteiger partial charge in [0.2, 0.25) is 11.8 Å². The summed E-state index contributed by atoms with van der Waals surface area (Å²) in [7, 11) is 0. The maximum Gasteiger partial charge on any atom is 0.262 e. The summed E-state index contributed by atoms with van der Waals surface area (Å²) in [6, 6.07) is 13.8. The molecule has 2 heterocycles. The Kier molecular flexibility index (Phi) is 6.43. The van der Waals surface area contributed by atoms with E-state index in [4.69, 9.17) is 4.74 Å². The van der Waals surface area contributed by atoms with Gasteiger partial charge in [-0.05, 0) is 60.1 Å². The second-order valence-corrected chi connectivity index (χ2v) is 8.55. The van der Waals surface area contributed by atoms with Crippen molar-refractivity contribution in [2.75, 3.05) is 5.32 Å². The monoisotopic (exact) mass is 459 g/mol. The van der Waals surface area contributed by atoms with Gasteiger partial charge >= 0.3 is 0 Å². The van der Waals surface area contributed by atoms with E-state index in [-0.39, 0.29) is 11.8 Å². The highest BCUT2D eigenvalue weighted by molar-refractivity contribution is 9.11. The van der Waals surface area contributed by atoms with Gasteiger partial charge in [-0.1, -0.05) is 17.7 Å². The zero-order valence-electron chi connectivity index (χ0n) is 15.2. The lowest BCUT2D eigenvalue weighted by molar-refractivity contribution is -0.117. The summed E-state index contributed by atoms with van der Waals surface area (Å²) in [6.07, 6.45) is 1.51. The Morgan fingerprint density at radius 1 is 1.11 bits per heavy atom. The fourth-order valence-electron chi connectivity index (χ4n) is 2.26. The first-order chi connectivity index (χ1) is 13.4. The topological polar surface area (TPSA) is 80.3 Å². The first-order valence-electron chi connectivity index (χ1n) is 8.48. The maximum absolute atomic E-state index is 12.3. The minimum Gasteiger partial charge on any atom is -0.439 e. The van der Waals surface area contributed by atoms with Crippen LogP contribution in [0.15, 0.2) is 58.5 Å². The fourth-order valence-corrected chi connectivity index (χ4v) is 3.55. The van der Waals surface area contributed by atoms with E-state index in [0.717, 1.165) is 9.35 Å². The van der Waals surface area contributed by atoms with Gasteiger partial charge < -0.3 is 15.4 Å². The number of rotatable bonds is 6. The summed E-state index contributed by atoms with van der Waals surface area (Å²) in [5.41, 5.74) is 1.66. The van der Waals surface area contributed by atoms with Crippen molar-refractivity contribution >= 4 is 44.8 Å². The Morgan fingerprint density at radius 3 is 2.46 bits per heavy atom. The van der Waals surface area contributed by atoms with Crippen LogP contribution in [-0.4, -0.2) is 22.8 Å². The molecule has 0 bridgehead atoms. The average Bonchev–Trinajstić information content (AvgIpc) is 3.11. The van der Waals surface area contributed by atoms with E-state index >= 15 is 0 Å². The van der Waals surface area contributed by atoms with Crippen LogP contribution >= 0.6 is 27.3 Å². The Hall–Kier alpha value is -2.71. The van der Waals surface area contributed by atoms with Crippen LogP contribution in [0.5, 0.6) is 11.6 Å². The van der Waals surface area contributed by atoms with E-state index in [0.29, 0.717) is 22.2 Å². The molecule has 144 valence electrons. The molecule has 0 saturated heterocycles. The number of amides is 2. The third-order valence-corrected chi connectivity index (χ3v) is 5.41. The van der Waals surface area contributed by atoms with E-state index in [9.17, 15) is 9.59 Å². The zero-order chi connectivity index (χ0) is 20.1. The van der Waals surface area contributed by atoms with Gasteiger partial charge in [-0.2, -0.15) is 0 Å². The largest absolute Gasteiger partial charge is 0.439 e. The predicted molar refractivity (Wildman–Crippen MR) is 113 cm³/mol. The standard InChI is InChI=1S/C20H18BrN3O3S/c1-12-3-6-15(7-4-12)27-18-10-5-14(11-22-18)24-19(25)13(2)23-20(26)16-8-9-17(21)28-16/h3-11,13H,1-2H3,(H,23,26)(H,24,25). The van der Waals surface area contributed by atoms with Crippen LogP contribution in [0.2, 0.25) is 0 Å². The molecule has 1 unspecified atom stereocenters. The van der Waals surface area contributed by atoms with Crippen molar-refractivity contribution in [1.82, 2.24) is 10.3 Å². The molecule has 0 saturated carbocycles. The summed E-state index contributed by atoms with van der Waals surface area (Å²) < 4.78 is 6.52. The van der Waals surface area contributed by atoms with E-state index in [1.165, 1.54) is 17.5 Å². The molecule has 6 nitrogen and oxygen atoms in total. The number of carbonyl (C=O) groups is 2. The number of aromatic nitrogens is 1. The zero-order valence-corrected chi connectivity index (χ0v) is 17.6. The first kappa shape index (κ1) is 20.0. The molecule has 8 heteroatoms. The van der Waals surface area contributed by atoms with Gasteiger partial charge in [0.1, 0.15) is 11.8 Å². The Labute approximate surface area is 175 Å². The second-order valence-electron chi connectivity index (χ2n) is 6.09. The molecule has 0 fully saturated rings. The summed E-state index contributed by atoms with van der Waals surface area (Å²) >= 11 is 4.62. The van der Waals surface area contributed by atoms with Crippen LogP contribution < -0.4 is 15.4 Å². The molecule has 2 aromatic heterocycles. The number of hydrogen-bond acceptors (Lipinski definition) is 5. The molecule has 1 aromatic carbocycles. The molecule has 0 radical (unpaired) electrons. The number of anilines is 1. The second kappa shape index (κ2) is 8.99. The van der Waals surface area contributed by atoms with Crippen LogP contribution in [0.3, 0.4) is 0 Å². The Balaban J connectivity index is 1.54. The van der Waals surface area contributed by atoms with Crippen molar-refractivity contribution in [3.8, 4) is 11.6 Å². The van der Waals surface area contributed by atoms with Crippen molar-refractivity contribution in [3.63, 3.8) is 0 Å². The number of hydrogen-bond donors (Lipinski definition) is 2. The molecule has 0 spiro atoms. The highest BCUT2D eigenvalue weighted by atomic mass is 79.9. The third-order valence-electron chi connectivity index (χ3n) is 3.79. The summed E-state index contributed by atoms with van der Waals surface area (Å²) in [4.78, 5) is 29.2. The van der Waals surface area contributed by atoms with E-state index in [1.54, 1.807) is 31.2 Å². The Bertz CT molecular complexity index is 971. The number of aryl methyl sites for hydroxylation is 1. The van der Waals surface area contributed by atoms with E-state index < -0.39 is 6.04 Å². The average molecular weight is 460 g/mol. The maximum atomic E-state index is 12.3. The van der Waals surface area contributed by atoms with Crippen LogP contribution in [-0.2, 0) is 4.79 Å². The number of ether oxygens (including phenoxy) is 1. The minimum atomic E-state index is -0.697. The van der Waals surface area contributed by atoms with Gasteiger partial charge in [0.15, 0.2) is 0 Å². The first-order valence-corrected chi connectivity index (χ1v) is 10.1. The normalized spacial score (nSPS) is 11.5. The summed E-state index contributed by atoms with van der Waals surface area (Å²) in [6.45, 7) is 3.63. The molecule has 28 heavy (non-hydrogen) atoms. The summed E-state index contributed by atoms with van der Waals surface area (Å²) in [5.74, 6) is 0.481. The third kappa shape index (κ3) is 5.40. The SMILES string of the molecule is Cc1ccc(Oc2ccc(NC(=O)C(C)NC(=O)c3ccc(Br)s3)cn2)cc1. The lowest BCUT2D eigenvalue weighted by atomic mass is 10.2. The molecular formula is C20H18BrN3O3S. The minimum absolute atomic E-state index is 0.293. The quantitative estimate of drug-likeness (QED) is 0.556. The number of benzene rings is 1. The number of halogens is 1. The van der Waals surface area contributed by atoms with Crippen molar-refractivity contribution in [2.24, 2.45) is 0 Å². The van der Waals surface area contributed by atoms with Gasteiger partial charge in [-0.15, -0.1) is 11.3 Å². The lowest BCUT2D eigenvalue weighted by Crippen LogP contribution is -2.41. The van der Waals surface area contributed by atoms with E-state index in [2.05, 4.69) is 31.5 Å². The van der Waals surface area contributed by atoms with Crippen LogP contribution in [0.4, 0.5) is 5.69 Å². The van der Waals surface area contributed by atoms with Crippen molar-refractivity contribution in [3.05, 3.63) is 69.0 Å². The van der Waals surface area contributed by atoms with Crippen molar-refractivity contribution in [1.29, 1.82) is 0 Å². The lowest BCUT2D eigenvalue weighted by Gasteiger charge is -2.13. The molecule has 2 amide bonds. The van der Waals surface area contributed by atoms with Crippen LogP contribution in [0.1, 0.15) is 22.2 Å². The smallest absolute Gasteiger partial charge is 0.262 e. The summed E-state index contributed by atoms with van der Waals surface area (Å²) in [5, 5.41) is 5.40. The van der Waals surface area contributed by atoms with Crippen LogP contribution in [0, 0.1) is 6.92 Å². The molecule has 3 rings (SSSR count). The highest BCUT2D eigenvalue weighted by Gasteiger charge is 2.18. The predicted octanol–water partition coefficient (Wildman–Crippen LogP) is 4.76. The molecule has 0 aliphatic heterocycles. The van der Waals surface area contributed by atoms with Gasteiger partial charge in [-0.3, -0.25) is 9.59 Å². The van der Waals surface area contributed by atoms with Gasteiger partial charge in [0.25, 0.3) is 5.91 Å². The van der Waals surface area contributed by atoms with Gasteiger partial charge in [0, 0.05) is 6.07 Å². The molecular weight excluding hydrogens is 442 g/mol. The number of carbonyl (C=O) groups excluding carboxylic acids is 2. The Morgan fingerprint density at radius 2 is 1.86 bits per heavy atom. The number of nitrogens with one attached hydrogen (secondary N) is 2. The molecule has 0 aliphatic carbocycles.